The molecular formula is C12H21NO5. The fraction of sp³-hybridized carbons (Fsp3) is 0.833. The fourth-order valence-corrected chi connectivity index (χ4v) is 1.80. The lowest BCUT2D eigenvalue weighted by atomic mass is 10.2. The minimum atomic E-state index is -1.05. The molecule has 0 aliphatic carbocycles. The van der Waals surface area contributed by atoms with Crippen LogP contribution in [-0.4, -0.2) is 46.5 Å². The van der Waals surface area contributed by atoms with E-state index < -0.39 is 29.9 Å². The van der Waals surface area contributed by atoms with Crippen LogP contribution < -0.4 is 0 Å². The van der Waals surface area contributed by atoms with Gasteiger partial charge in [0.05, 0.1) is 6.61 Å². The fourth-order valence-electron chi connectivity index (χ4n) is 1.80. The molecule has 0 radical (unpaired) electrons. The van der Waals surface area contributed by atoms with Crippen LogP contribution in [0.3, 0.4) is 0 Å². The third-order valence-electron chi connectivity index (χ3n) is 2.49. The van der Waals surface area contributed by atoms with E-state index in [1.165, 1.54) is 0 Å². The SMILES string of the molecule is [2H]CC(C)(C)OC(=O)N1C(O)CC[C@H]1C(=O)OCC. The van der Waals surface area contributed by atoms with Gasteiger partial charge < -0.3 is 14.6 Å². The maximum Gasteiger partial charge on any atom is 0.413 e. The molecule has 1 unspecified atom stereocenters. The lowest BCUT2D eigenvalue weighted by Gasteiger charge is -2.29. The van der Waals surface area contributed by atoms with Crippen LogP contribution in [-0.2, 0) is 14.3 Å². The van der Waals surface area contributed by atoms with Gasteiger partial charge in [-0.25, -0.2) is 9.59 Å². The van der Waals surface area contributed by atoms with Gasteiger partial charge >= 0.3 is 12.1 Å². The Hall–Kier alpha value is -1.30. The highest BCUT2D eigenvalue weighted by Gasteiger charge is 2.42. The van der Waals surface area contributed by atoms with Crippen LogP contribution in [0.5, 0.6) is 0 Å². The number of rotatable bonds is 2. The van der Waals surface area contributed by atoms with Crippen LogP contribution >= 0.6 is 0 Å². The van der Waals surface area contributed by atoms with Crippen molar-refractivity contribution in [1.82, 2.24) is 4.90 Å². The van der Waals surface area contributed by atoms with Crippen LogP contribution in [0.4, 0.5) is 4.79 Å². The molecule has 1 aliphatic heterocycles. The smallest absolute Gasteiger partial charge is 0.413 e. The number of hydrogen-bond acceptors (Lipinski definition) is 5. The molecule has 1 heterocycles. The van der Waals surface area contributed by atoms with E-state index in [1.54, 1.807) is 20.8 Å². The van der Waals surface area contributed by atoms with E-state index in [4.69, 9.17) is 10.8 Å². The quantitative estimate of drug-likeness (QED) is 0.757. The number of amides is 1. The maximum atomic E-state index is 12.0. The summed E-state index contributed by atoms with van der Waals surface area (Å²) in [6, 6.07) is -0.816. The predicted molar refractivity (Wildman–Crippen MR) is 63.7 cm³/mol. The highest BCUT2D eigenvalue weighted by molar-refractivity contribution is 5.82. The molecule has 0 saturated carbocycles. The number of nitrogens with zero attached hydrogens (tertiary/aromatic N) is 1. The largest absolute Gasteiger partial charge is 0.464 e. The van der Waals surface area contributed by atoms with Gasteiger partial charge in [-0.05, 0) is 40.5 Å². The molecule has 0 aromatic carbocycles. The Bertz CT molecular complexity index is 347. The maximum absolute atomic E-state index is 12.0. The summed E-state index contributed by atoms with van der Waals surface area (Å²) in [6.45, 7) is 4.98. The van der Waals surface area contributed by atoms with Crippen LogP contribution in [0.25, 0.3) is 0 Å². The third kappa shape index (κ3) is 3.60. The molecule has 18 heavy (non-hydrogen) atoms. The molecule has 6 nitrogen and oxygen atoms in total. The number of ether oxygens (including phenoxy) is 2. The van der Waals surface area contributed by atoms with E-state index in [0.717, 1.165) is 4.90 Å². The second-order valence-corrected chi connectivity index (χ2v) is 4.86. The minimum Gasteiger partial charge on any atom is -0.464 e. The molecule has 0 aromatic rings. The van der Waals surface area contributed by atoms with Gasteiger partial charge in [-0.15, -0.1) is 0 Å². The first kappa shape index (κ1) is 13.1. The Morgan fingerprint density at radius 2 is 2.17 bits per heavy atom. The minimum absolute atomic E-state index is 0.104. The summed E-state index contributed by atoms with van der Waals surface area (Å²) in [5, 5.41) is 9.79. The van der Waals surface area contributed by atoms with E-state index >= 15 is 0 Å². The van der Waals surface area contributed by atoms with Crippen molar-refractivity contribution in [1.29, 1.82) is 0 Å². The Balaban J connectivity index is 2.76. The highest BCUT2D eigenvalue weighted by atomic mass is 16.6. The van der Waals surface area contributed by atoms with Crippen molar-refractivity contribution in [3.8, 4) is 0 Å². The summed E-state index contributed by atoms with van der Waals surface area (Å²) in [5.41, 5.74) is -0.960. The van der Waals surface area contributed by atoms with Crippen LogP contribution in [0.15, 0.2) is 0 Å². The first-order chi connectivity index (χ1) is 8.82. The number of carbonyl (C=O) groups excluding carboxylic acids is 2. The van der Waals surface area contributed by atoms with Crippen LogP contribution in [0.2, 0.25) is 0 Å². The number of aliphatic hydroxyl groups excluding tert-OH is 1. The van der Waals surface area contributed by atoms with Crippen molar-refractivity contribution in [2.75, 3.05) is 6.61 Å². The van der Waals surface area contributed by atoms with Crippen molar-refractivity contribution in [2.24, 2.45) is 0 Å². The van der Waals surface area contributed by atoms with Gasteiger partial charge in [0.25, 0.3) is 0 Å². The monoisotopic (exact) mass is 260 g/mol. The molecule has 1 rings (SSSR count). The molecule has 1 saturated heterocycles. The third-order valence-corrected chi connectivity index (χ3v) is 2.49. The number of carbonyl (C=O) groups is 2. The molecule has 1 fully saturated rings. The zero-order valence-electron chi connectivity index (χ0n) is 12.0. The van der Waals surface area contributed by atoms with Gasteiger partial charge in [-0.1, -0.05) is 0 Å². The normalized spacial score (nSPS) is 24.7. The molecule has 0 bridgehead atoms. The second kappa shape index (κ2) is 5.56. The highest BCUT2D eigenvalue weighted by Crippen LogP contribution is 2.25. The average Bonchev–Trinajstić information content (AvgIpc) is 2.71. The average molecular weight is 260 g/mol. The van der Waals surface area contributed by atoms with Gasteiger partial charge in [-0.2, -0.15) is 0 Å². The number of likely N-dealkylation sites (tertiary alicyclic amines) is 1. The summed E-state index contributed by atoms with van der Waals surface area (Å²) < 4.78 is 17.3. The molecular weight excluding hydrogens is 238 g/mol. The van der Waals surface area contributed by atoms with Crippen molar-refractivity contribution < 1.29 is 25.5 Å². The first-order valence-electron chi connectivity index (χ1n) is 6.68. The van der Waals surface area contributed by atoms with Gasteiger partial charge in [0.1, 0.15) is 17.9 Å². The lowest BCUT2D eigenvalue weighted by Crippen LogP contribution is -2.47. The summed E-state index contributed by atoms with van der Waals surface area (Å²) in [4.78, 5) is 24.7. The van der Waals surface area contributed by atoms with E-state index in [1.807, 2.05) is 0 Å². The molecule has 2 atom stereocenters. The van der Waals surface area contributed by atoms with Crippen molar-refractivity contribution >= 4 is 12.1 Å². The van der Waals surface area contributed by atoms with Crippen molar-refractivity contribution in [3.63, 3.8) is 0 Å². The summed E-state index contributed by atoms with van der Waals surface area (Å²) >= 11 is 0. The summed E-state index contributed by atoms with van der Waals surface area (Å²) in [5.74, 6) is -0.542. The van der Waals surface area contributed by atoms with Crippen LogP contribution in [0, 0.1) is 0 Å². The van der Waals surface area contributed by atoms with Gasteiger partial charge in [-0.3, -0.25) is 4.90 Å². The van der Waals surface area contributed by atoms with E-state index in [9.17, 15) is 14.7 Å². The van der Waals surface area contributed by atoms with Crippen molar-refractivity contribution in [2.45, 2.75) is 58.4 Å². The summed E-state index contributed by atoms with van der Waals surface area (Å²) in [7, 11) is 0. The van der Waals surface area contributed by atoms with E-state index in [0.29, 0.717) is 12.8 Å². The Morgan fingerprint density at radius 1 is 1.50 bits per heavy atom. The van der Waals surface area contributed by atoms with Crippen molar-refractivity contribution in [3.05, 3.63) is 0 Å². The van der Waals surface area contributed by atoms with Gasteiger partial charge in [0.15, 0.2) is 0 Å². The Kier molecular flexibility index (Phi) is 4.06. The molecule has 1 amide bonds. The topological polar surface area (TPSA) is 76.1 Å². The molecule has 104 valence electrons. The molecule has 0 spiro atoms. The van der Waals surface area contributed by atoms with Gasteiger partial charge in [0, 0.05) is 1.37 Å². The predicted octanol–water partition coefficient (Wildman–Crippen LogP) is 1.27. The van der Waals surface area contributed by atoms with E-state index in [2.05, 4.69) is 0 Å². The molecule has 1 N–H and O–H groups in total. The Labute approximate surface area is 108 Å². The number of aliphatic hydroxyl groups is 1. The first-order valence-corrected chi connectivity index (χ1v) is 5.97. The zero-order chi connectivity index (χ0) is 14.6. The molecule has 0 aromatic heterocycles. The zero-order valence-corrected chi connectivity index (χ0v) is 11.0. The Morgan fingerprint density at radius 3 is 2.72 bits per heavy atom. The lowest BCUT2D eigenvalue weighted by molar-refractivity contribution is -0.150. The number of hydrogen-bond donors (Lipinski definition) is 1. The molecule has 1 aliphatic rings. The molecule has 6 heteroatoms. The van der Waals surface area contributed by atoms with E-state index in [-0.39, 0.29) is 13.5 Å². The standard InChI is InChI=1S/C12H21NO5/c1-5-17-10(15)8-6-7-9(14)13(8)11(16)18-12(2,3)4/h8-9,14H,5-7H2,1-4H3/t8-,9?/m0/s1/i2D. The van der Waals surface area contributed by atoms with Gasteiger partial charge in [0.2, 0.25) is 0 Å². The number of esters is 1. The second-order valence-electron chi connectivity index (χ2n) is 4.86. The summed E-state index contributed by atoms with van der Waals surface area (Å²) in [6.07, 6.45) is -1.19. The van der Waals surface area contributed by atoms with Crippen LogP contribution in [0.1, 0.15) is 41.9 Å².